The Labute approximate surface area is 141 Å². The number of phenols is 1. The molecule has 2 N–H and O–H groups in total. The van der Waals surface area contributed by atoms with E-state index in [-0.39, 0.29) is 5.75 Å². The van der Waals surface area contributed by atoms with E-state index in [1.165, 1.54) is 57.8 Å². The van der Waals surface area contributed by atoms with Crippen molar-refractivity contribution in [2.75, 3.05) is 6.61 Å². The zero-order chi connectivity index (χ0) is 16.8. The molecule has 0 aliphatic carbocycles. The van der Waals surface area contributed by atoms with Crippen LogP contribution in [-0.4, -0.2) is 22.9 Å². The minimum absolute atomic E-state index is 0.225. The Morgan fingerprint density at radius 2 is 1.35 bits per heavy atom. The molecule has 0 bridgehead atoms. The van der Waals surface area contributed by atoms with Gasteiger partial charge in [-0.1, -0.05) is 71.1 Å². The first-order valence-electron chi connectivity index (χ1n) is 9.32. The molecule has 1 unspecified atom stereocenters. The van der Waals surface area contributed by atoms with E-state index in [2.05, 4.69) is 6.92 Å². The molecule has 3 nitrogen and oxygen atoms in total. The molecule has 0 fully saturated rings. The van der Waals surface area contributed by atoms with Crippen LogP contribution in [0.5, 0.6) is 11.5 Å². The van der Waals surface area contributed by atoms with E-state index in [1.807, 2.05) is 0 Å². The molecule has 23 heavy (non-hydrogen) atoms. The van der Waals surface area contributed by atoms with Crippen LogP contribution in [0.15, 0.2) is 24.3 Å². The fraction of sp³-hybridized carbons (Fsp3) is 0.700. The smallest absolute Gasteiger partial charge is 0.119 e. The number of aromatic hydroxyl groups is 1. The van der Waals surface area contributed by atoms with Crippen molar-refractivity contribution in [2.45, 2.75) is 83.7 Å². The van der Waals surface area contributed by atoms with Crippen LogP contribution < -0.4 is 4.74 Å². The van der Waals surface area contributed by atoms with Gasteiger partial charge >= 0.3 is 0 Å². The number of phenolic OH excluding ortho intramolecular Hbond substituents is 1. The van der Waals surface area contributed by atoms with Gasteiger partial charge in [-0.2, -0.15) is 0 Å². The molecule has 0 aliphatic rings. The highest BCUT2D eigenvalue weighted by Gasteiger charge is 2.05. The standard InChI is InChI=1S/C20H34O3/c1-2-3-4-5-6-7-8-9-10-11-12-19(22)17-23-20-15-13-18(21)14-16-20/h13-16,19,21-22H,2-12,17H2,1H3. The molecule has 0 amide bonds. The van der Waals surface area contributed by atoms with E-state index >= 15 is 0 Å². The van der Waals surface area contributed by atoms with Gasteiger partial charge in [-0.05, 0) is 30.7 Å². The van der Waals surface area contributed by atoms with Crippen molar-refractivity contribution in [2.24, 2.45) is 0 Å². The Bertz CT molecular complexity index is 375. The molecule has 0 saturated heterocycles. The lowest BCUT2D eigenvalue weighted by Crippen LogP contribution is -2.17. The van der Waals surface area contributed by atoms with Gasteiger partial charge in [0.25, 0.3) is 0 Å². The van der Waals surface area contributed by atoms with Crippen molar-refractivity contribution in [3.05, 3.63) is 24.3 Å². The van der Waals surface area contributed by atoms with Crippen molar-refractivity contribution < 1.29 is 14.9 Å². The fourth-order valence-electron chi connectivity index (χ4n) is 2.69. The molecule has 1 rings (SSSR count). The van der Waals surface area contributed by atoms with Gasteiger partial charge in [-0.15, -0.1) is 0 Å². The first-order valence-corrected chi connectivity index (χ1v) is 9.32. The molecule has 132 valence electrons. The Morgan fingerprint density at radius 1 is 0.826 bits per heavy atom. The first-order chi connectivity index (χ1) is 11.2. The van der Waals surface area contributed by atoms with E-state index < -0.39 is 6.10 Å². The van der Waals surface area contributed by atoms with Crippen molar-refractivity contribution in [1.29, 1.82) is 0 Å². The van der Waals surface area contributed by atoms with Gasteiger partial charge in [-0.25, -0.2) is 0 Å². The zero-order valence-corrected chi connectivity index (χ0v) is 14.7. The fourth-order valence-corrected chi connectivity index (χ4v) is 2.69. The second-order valence-electron chi connectivity index (χ2n) is 6.43. The molecule has 1 aromatic carbocycles. The van der Waals surface area contributed by atoms with Crippen LogP contribution in [0.2, 0.25) is 0 Å². The van der Waals surface area contributed by atoms with E-state index in [0.29, 0.717) is 12.4 Å². The highest BCUT2D eigenvalue weighted by molar-refractivity contribution is 5.30. The van der Waals surface area contributed by atoms with Gasteiger partial charge in [0, 0.05) is 0 Å². The lowest BCUT2D eigenvalue weighted by molar-refractivity contribution is 0.0974. The van der Waals surface area contributed by atoms with E-state index in [4.69, 9.17) is 4.74 Å². The summed E-state index contributed by atoms with van der Waals surface area (Å²) in [5.41, 5.74) is 0. The average molecular weight is 322 g/mol. The van der Waals surface area contributed by atoms with Crippen molar-refractivity contribution >= 4 is 0 Å². The van der Waals surface area contributed by atoms with Gasteiger partial charge in [-0.3, -0.25) is 0 Å². The lowest BCUT2D eigenvalue weighted by Gasteiger charge is -2.12. The number of aliphatic hydroxyl groups excluding tert-OH is 1. The van der Waals surface area contributed by atoms with Crippen LogP contribution >= 0.6 is 0 Å². The largest absolute Gasteiger partial charge is 0.508 e. The minimum atomic E-state index is -0.405. The predicted octanol–water partition coefficient (Wildman–Crippen LogP) is 5.44. The monoisotopic (exact) mass is 322 g/mol. The molecule has 1 atom stereocenters. The summed E-state index contributed by atoms with van der Waals surface area (Å²) in [5, 5.41) is 19.1. The predicted molar refractivity (Wildman–Crippen MR) is 96.1 cm³/mol. The topological polar surface area (TPSA) is 49.7 Å². The van der Waals surface area contributed by atoms with E-state index in [0.717, 1.165) is 12.8 Å². The number of benzene rings is 1. The van der Waals surface area contributed by atoms with E-state index in [1.54, 1.807) is 24.3 Å². The normalized spacial score (nSPS) is 12.3. The minimum Gasteiger partial charge on any atom is -0.508 e. The van der Waals surface area contributed by atoms with Crippen LogP contribution in [0.4, 0.5) is 0 Å². The summed E-state index contributed by atoms with van der Waals surface area (Å²) in [5.74, 6) is 0.910. The number of hydrogen-bond acceptors (Lipinski definition) is 3. The van der Waals surface area contributed by atoms with Crippen LogP contribution in [0, 0.1) is 0 Å². The summed E-state index contributed by atoms with van der Waals surface area (Å²) in [6.07, 6.45) is 13.5. The Hall–Kier alpha value is -1.22. The average Bonchev–Trinajstić information content (AvgIpc) is 2.56. The van der Waals surface area contributed by atoms with Crippen LogP contribution in [-0.2, 0) is 0 Å². The van der Waals surface area contributed by atoms with Gasteiger partial charge in [0.1, 0.15) is 18.1 Å². The van der Waals surface area contributed by atoms with Crippen molar-refractivity contribution in [3.8, 4) is 11.5 Å². The van der Waals surface area contributed by atoms with Gasteiger partial charge in [0.15, 0.2) is 0 Å². The quantitative estimate of drug-likeness (QED) is 0.448. The molecule has 3 heteroatoms. The Kier molecular flexibility index (Phi) is 11.4. The Balaban J connectivity index is 1.90. The van der Waals surface area contributed by atoms with Crippen LogP contribution in [0.25, 0.3) is 0 Å². The molecular weight excluding hydrogens is 288 g/mol. The summed E-state index contributed by atoms with van der Waals surface area (Å²) in [6.45, 7) is 2.58. The maximum atomic E-state index is 9.91. The van der Waals surface area contributed by atoms with Gasteiger partial charge in [0.2, 0.25) is 0 Å². The van der Waals surface area contributed by atoms with Crippen molar-refractivity contribution in [3.63, 3.8) is 0 Å². The summed E-state index contributed by atoms with van der Waals surface area (Å²) in [7, 11) is 0. The maximum Gasteiger partial charge on any atom is 0.119 e. The van der Waals surface area contributed by atoms with Crippen LogP contribution in [0.1, 0.15) is 77.6 Å². The molecule has 0 aliphatic heterocycles. The first kappa shape index (κ1) is 19.8. The molecule has 0 radical (unpaired) electrons. The molecule has 0 heterocycles. The van der Waals surface area contributed by atoms with Gasteiger partial charge < -0.3 is 14.9 Å². The van der Waals surface area contributed by atoms with Crippen molar-refractivity contribution in [1.82, 2.24) is 0 Å². The molecule has 1 aromatic rings. The van der Waals surface area contributed by atoms with Crippen LogP contribution in [0.3, 0.4) is 0 Å². The zero-order valence-electron chi connectivity index (χ0n) is 14.7. The summed E-state index contributed by atoms with van der Waals surface area (Å²) < 4.78 is 5.50. The summed E-state index contributed by atoms with van der Waals surface area (Å²) >= 11 is 0. The number of hydrogen-bond donors (Lipinski definition) is 2. The van der Waals surface area contributed by atoms with E-state index in [9.17, 15) is 10.2 Å². The Morgan fingerprint density at radius 3 is 1.91 bits per heavy atom. The highest BCUT2D eigenvalue weighted by atomic mass is 16.5. The number of ether oxygens (including phenoxy) is 1. The lowest BCUT2D eigenvalue weighted by atomic mass is 10.0. The SMILES string of the molecule is CCCCCCCCCCCCC(O)COc1ccc(O)cc1. The summed E-state index contributed by atoms with van der Waals surface area (Å²) in [6, 6.07) is 6.60. The summed E-state index contributed by atoms with van der Waals surface area (Å²) in [4.78, 5) is 0. The molecule has 0 spiro atoms. The third-order valence-electron chi connectivity index (χ3n) is 4.17. The second kappa shape index (κ2) is 13.2. The number of rotatable bonds is 14. The third-order valence-corrected chi connectivity index (χ3v) is 4.17. The maximum absolute atomic E-state index is 9.91. The number of aliphatic hydroxyl groups is 1. The molecule has 0 saturated carbocycles. The van der Waals surface area contributed by atoms with Gasteiger partial charge in [0.05, 0.1) is 6.10 Å². The second-order valence-corrected chi connectivity index (χ2v) is 6.43. The molecule has 0 aromatic heterocycles. The molecular formula is C20H34O3. The number of unbranched alkanes of at least 4 members (excludes halogenated alkanes) is 9. The third kappa shape index (κ3) is 11.0. The highest BCUT2D eigenvalue weighted by Crippen LogP contribution is 2.17.